The van der Waals surface area contributed by atoms with E-state index in [1.54, 1.807) is 36.4 Å². The number of ketones is 1. The fourth-order valence-electron chi connectivity index (χ4n) is 5.52. The van der Waals surface area contributed by atoms with Crippen molar-refractivity contribution in [2.45, 2.75) is 36.3 Å². The number of hydrogen-bond acceptors (Lipinski definition) is 4. The molecule has 3 aromatic rings. The molecule has 2 aliphatic rings. The van der Waals surface area contributed by atoms with Gasteiger partial charge >= 0.3 is 0 Å². The number of benzene rings is 3. The van der Waals surface area contributed by atoms with Gasteiger partial charge in [-0.15, -0.1) is 0 Å². The van der Waals surface area contributed by atoms with Crippen molar-refractivity contribution in [3.8, 4) is 0 Å². The number of carbonyl (C=O) groups is 1. The van der Waals surface area contributed by atoms with Gasteiger partial charge in [-0.2, -0.15) is 0 Å². The molecule has 0 unspecified atom stereocenters. The molecule has 0 spiro atoms. The molecule has 1 heterocycles. The first-order chi connectivity index (χ1) is 15.4. The number of nitrogens with zero attached hydrogens (tertiary/aromatic N) is 1. The minimum atomic E-state index is -1.47. The van der Waals surface area contributed by atoms with Crippen molar-refractivity contribution < 1.29 is 9.72 Å². The van der Waals surface area contributed by atoms with Gasteiger partial charge < -0.3 is 5.32 Å². The maximum absolute atomic E-state index is 13.1. The van der Waals surface area contributed by atoms with Crippen LogP contribution in [0.3, 0.4) is 0 Å². The van der Waals surface area contributed by atoms with Gasteiger partial charge in [-0.1, -0.05) is 65.7 Å². The Morgan fingerprint density at radius 2 is 1.41 bits per heavy atom. The lowest BCUT2D eigenvalue weighted by Gasteiger charge is -2.50. The molecule has 7 heteroatoms. The Balaban J connectivity index is 1.79. The van der Waals surface area contributed by atoms with E-state index in [1.165, 1.54) is 0 Å². The molecule has 162 valence electrons. The smallest absolute Gasteiger partial charge is 0.260 e. The van der Waals surface area contributed by atoms with Crippen LogP contribution in [0.5, 0.6) is 0 Å². The second-order valence-electron chi connectivity index (χ2n) is 8.46. The van der Waals surface area contributed by atoms with Crippen molar-refractivity contribution in [1.82, 2.24) is 0 Å². The Labute approximate surface area is 195 Å². The van der Waals surface area contributed by atoms with E-state index in [0.717, 1.165) is 22.4 Å². The average molecular weight is 467 g/mol. The van der Waals surface area contributed by atoms with E-state index < -0.39 is 23.4 Å². The predicted octanol–water partition coefficient (Wildman–Crippen LogP) is 6.41. The quantitative estimate of drug-likeness (QED) is 0.357. The summed E-state index contributed by atoms with van der Waals surface area (Å²) in [6.07, 6.45) is 0.237. The number of Topliss-reactive ketones (excluding diaryl/α,β-unsaturated/α-hetero) is 1. The number of nitrogens with one attached hydrogen (secondary N) is 1. The fraction of sp³-hybridized carbons (Fsp3) is 0.240. The van der Waals surface area contributed by atoms with Crippen LogP contribution in [-0.4, -0.2) is 16.2 Å². The Bertz CT molecular complexity index is 1200. The van der Waals surface area contributed by atoms with Crippen LogP contribution in [0.25, 0.3) is 0 Å². The van der Waals surface area contributed by atoms with Crippen LogP contribution in [0.4, 0.5) is 5.69 Å². The molecule has 1 aliphatic heterocycles. The Hall–Kier alpha value is -2.89. The molecule has 1 saturated carbocycles. The Morgan fingerprint density at radius 1 is 0.844 bits per heavy atom. The maximum atomic E-state index is 13.1. The van der Waals surface area contributed by atoms with Crippen molar-refractivity contribution in [3.05, 3.63) is 110 Å². The van der Waals surface area contributed by atoms with Gasteiger partial charge in [0.1, 0.15) is 11.8 Å². The number of para-hydroxylation sites is 1. The average Bonchev–Trinajstić information content (AvgIpc) is 2.79. The van der Waals surface area contributed by atoms with E-state index in [4.69, 9.17) is 23.2 Å². The van der Waals surface area contributed by atoms with E-state index in [2.05, 4.69) is 5.32 Å². The molecular formula is C25H20Cl2N2O3. The van der Waals surface area contributed by atoms with Crippen LogP contribution in [0, 0.1) is 10.1 Å². The Kier molecular flexibility index (Phi) is 5.19. The summed E-state index contributed by atoms with van der Waals surface area (Å²) >= 11 is 12.2. The van der Waals surface area contributed by atoms with Crippen molar-refractivity contribution in [3.63, 3.8) is 0 Å². The lowest BCUT2D eigenvalue weighted by molar-refractivity contribution is -0.586. The van der Waals surface area contributed by atoms with E-state index >= 15 is 0 Å². The van der Waals surface area contributed by atoms with E-state index in [-0.39, 0.29) is 23.5 Å². The molecule has 32 heavy (non-hydrogen) atoms. The van der Waals surface area contributed by atoms with Crippen LogP contribution in [-0.2, 0) is 4.79 Å². The van der Waals surface area contributed by atoms with Crippen molar-refractivity contribution in [2.24, 2.45) is 0 Å². The number of halogens is 2. The van der Waals surface area contributed by atoms with Crippen LogP contribution in [0.2, 0.25) is 10.0 Å². The molecular weight excluding hydrogens is 447 g/mol. The van der Waals surface area contributed by atoms with Crippen LogP contribution in [0.1, 0.15) is 47.4 Å². The molecule has 3 aromatic carbocycles. The first-order valence-electron chi connectivity index (χ1n) is 10.4. The summed E-state index contributed by atoms with van der Waals surface area (Å²) in [6, 6.07) is 21.1. The molecule has 0 bridgehead atoms. The molecule has 5 rings (SSSR count). The van der Waals surface area contributed by atoms with E-state index in [0.29, 0.717) is 10.0 Å². The number of fused-ring (bicyclic) bond motifs is 3. The zero-order valence-electron chi connectivity index (χ0n) is 17.0. The molecule has 0 amide bonds. The molecule has 0 radical (unpaired) electrons. The standard InChI is InChI=1S/C25H20Cl2N2O3/c26-17-9-5-15(6-10-17)21-13-19(30)14-22-20-3-1-2-4-23(20)28-24(25(21,22)29(31)32)16-7-11-18(27)12-8-16/h1-12,21-22,24,28H,13-14H2/t21-,22-,24+,25+/m0/s1. The largest absolute Gasteiger partial charge is 0.372 e. The van der Waals surface area contributed by atoms with Gasteiger partial charge in [-0.3, -0.25) is 14.9 Å². The number of anilines is 1. The lowest BCUT2D eigenvalue weighted by Crippen LogP contribution is -2.61. The highest BCUT2D eigenvalue weighted by Crippen LogP contribution is 2.59. The summed E-state index contributed by atoms with van der Waals surface area (Å²) < 4.78 is 0. The number of nitro groups is 1. The van der Waals surface area contributed by atoms with Gasteiger partial charge in [-0.25, -0.2) is 0 Å². The topological polar surface area (TPSA) is 72.2 Å². The molecule has 1 fully saturated rings. The summed E-state index contributed by atoms with van der Waals surface area (Å²) in [5, 5.41) is 17.7. The van der Waals surface area contributed by atoms with Crippen LogP contribution in [0.15, 0.2) is 72.8 Å². The molecule has 1 aliphatic carbocycles. The molecule has 4 atom stereocenters. The summed E-state index contributed by atoms with van der Waals surface area (Å²) in [7, 11) is 0. The maximum Gasteiger partial charge on any atom is 0.260 e. The molecule has 5 nitrogen and oxygen atoms in total. The highest BCUT2D eigenvalue weighted by molar-refractivity contribution is 6.30. The summed E-state index contributed by atoms with van der Waals surface area (Å²) in [6.45, 7) is 0. The third-order valence-corrected chi connectivity index (χ3v) is 7.37. The minimum absolute atomic E-state index is 0.0268. The van der Waals surface area contributed by atoms with Crippen molar-refractivity contribution >= 4 is 34.7 Å². The van der Waals surface area contributed by atoms with Crippen molar-refractivity contribution in [2.75, 3.05) is 5.32 Å². The predicted molar refractivity (Wildman–Crippen MR) is 125 cm³/mol. The first kappa shape index (κ1) is 21.0. The first-order valence-corrected chi connectivity index (χ1v) is 11.2. The number of rotatable bonds is 3. The highest BCUT2D eigenvalue weighted by atomic mass is 35.5. The van der Waals surface area contributed by atoms with Gasteiger partial charge in [0.25, 0.3) is 5.54 Å². The van der Waals surface area contributed by atoms with E-state index in [9.17, 15) is 14.9 Å². The van der Waals surface area contributed by atoms with Crippen LogP contribution >= 0.6 is 23.2 Å². The summed E-state index contributed by atoms with van der Waals surface area (Å²) in [5.74, 6) is -1.17. The lowest BCUT2D eigenvalue weighted by atomic mass is 9.56. The zero-order valence-corrected chi connectivity index (χ0v) is 18.5. The SMILES string of the molecule is O=C1C[C@@H](c2ccc(Cl)cc2)[C@]2([N+](=O)[O-])[C@@H](c3ccc(Cl)cc3)Nc3ccccc3[C@@H]2C1. The number of carbonyl (C=O) groups excluding carboxylic acids is 1. The summed E-state index contributed by atoms with van der Waals surface area (Å²) in [4.78, 5) is 25.9. The molecule has 0 aromatic heterocycles. The highest BCUT2D eigenvalue weighted by Gasteiger charge is 2.67. The Morgan fingerprint density at radius 3 is 2.03 bits per heavy atom. The van der Waals surface area contributed by atoms with E-state index in [1.807, 2.05) is 36.4 Å². The number of hydrogen-bond donors (Lipinski definition) is 1. The van der Waals surface area contributed by atoms with Crippen LogP contribution < -0.4 is 5.32 Å². The second-order valence-corrected chi connectivity index (χ2v) is 9.34. The minimum Gasteiger partial charge on any atom is -0.372 e. The fourth-order valence-corrected chi connectivity index (χ4v) is 5.77. The third-order valence-electron chi connectivity index (χ3n) is 6.87. The second kappa shape index (κ2) is 7.91. The van der Waals surface area contributed by atoms with Gasteiger partial charge in [0.05, 0.1) is 11.8 Å². The third kappa shape index (κ3) is 3.19. The zero-order chi connectivity index (χ0) is 22.5. The van der Waals surface area contributed by atoms with Gasteiger partial charge in [0, 0.05) is 33.5 Å². The molecule has 0 saturated heterocycles. The monoisotopic (exact) mass is 466 g/mol. The van der Waals surface area contributed by atoms with Gasteiger partial charge in [-0.05, 0) is 47.0 Å². The normalized spacial score (nSPS) is 26.6. The summed E-state index contributed by atoms with van der Waals surface area (Å²) in [5.41, 5.74) is 1.66. The van der Waals surface area contributed by atoms with Crippen molar-refractivity contribution in [1.29, 1.82) is 0 Å². The molecule has 1 N–H and O–H groups in total. The van der Waals surface area contributed by atoms with Gasteiger partial charge in [0.15, 0.2) is 0 Å². The van der Waals surface area contributed by atoms with Gasteiger partial charge in [0.2, 0.25) is 0 Å².